The highest BCUT2D eigenvalue weighted by Gasteiger charge is 2.24. The van der Waals surface area contributed by atoms with E-state index in [-0.39, 0.29) is 11.9 Å². The van der Waals surface area contributed by atoms with Gasteiger partial charge in [-0.3, -0.25) is 0 Å². The maximum atomic E-state index is 12.0. The first kappa shape index (κ1) is 12.8. The van der Waals surface area contributed by atoms with Crippen LogP contribution in [-0.4, -0.2) is 29.0 Å². The second-order valence-electron chi connectivity index (χ2n) is 4.46. The first-order valence-corrected chi connectivity index (χ1v) is 6.48. The van der Waals surface area contributed by atoms with E-state index in [2.05, 4.69) is 5.32 Å². The number of benzene rings is 1. The zero-order valence-corrected chi connectivity index (χ0v) is 11.0. The fourth-order valence-corrected chi connectivity index (χ4v) is 2.33. The van der Waals surface area contributed by atoms with Crippen LogP contribution in [0, 0.1) is 5.92 Å². The number of thiocarbonyl (C=S) groups is 1. The molecular weight excluding hydrogens is 246 g/mol. The molecule has 1 aliphatic heterocycles. The number of hydrogen-bond donors (Lipinski definition) is 2. The number of urea groups is 1. The van der Waals surface area contributed by atoms with E-state index in [1.807, 2.05) is 35.2 Å². The quantitative estimate of drug-likeness (QED) is 0.804. The molecule has 3 N–H and O–H groups in total. The number of carbonyl (C=O) groups excluding carboxylic acids is 1. The Morgan fingerprint density at radius 3 is 2.44 bits per heavy atom. The Bertz CT molecular complexity index is 427. The molecule has 1 aromatic carbocycles. The summed E-state index contributed by atoms with van der Waals surface area (Å²) >= 11 is 4.98. The van der Waals surface area contributed by atoms with Gasteiger partial charge in [0.25, 0.3) is 0 Å². The Morgan fingerprint density at radius 2 is 1.89 bits per heavy atom. The zero-order valence-electron chi connectivity index (χ0n) is 10.1. The van der Waals surface area contributed by atoms with Crippen LogP contribution in [0.15, 0.2) is 30.3 Å². The number of carbonyl (C=O) groups is 1. The summed E-state index contributed by atoms with van der Waals surface area (Å²) in [6.07, 6.45) is 1.72. The van der Waals surface area contributed by atoms with Gasteiger partial charge in [0.05, 0.1) is 4.99 Å². The van der Waals surface area contributed by atoms with Crippen LogP contribution in [0.5, 0.6) is 0 Å². The molecular formula is C13H17N3OS. The molecule has 1 aromatic rings. The van der Waals surface area contributed by atoms with Gasteiger partial charge in [0.1, 0.15) is 0 Å². The first-order valence-electron chi connectivity index (χ1n) is 6.07. The highest BCUT2D eigenvalue weighted by Crippen LogP contribution is 2.18. The zero-order chi connectivity index (χ0) is 13.0. The minimum absolute atomic E-state index is 0.0532. The van der Waals surface area contributed by atoms with Crippen LogP contribution in [0.2, 0.25) is 0 Å². The van der Waals surface area contributed by atoms with E-state index < -0.39 is 0 Å². The summed E-state index contributed by atoms with van der Waals surface area (Å²) < 4.78 is 0. The van der Waals surface area contributed by atoms with Crippen LogP contribution in [0.25, 0.3) is 0 Å². The van der Waals surface area contributed by atoms with Gasteiger partial charge in [0, 0.05) is 24.7 Å². The van der Waals surface area contributed by atoms with Gasteiger partial charge in [-0.25, -0.2) is 4.79 Å². The molecule has 0 saturated carbocycles. The summed E-state index contributed by atoms with van der Waals surface area (Å²) in [5.41, 5.74) is 6.44. The van der Waals surface area contributed by atoms with Crippen LogP contribution in [0.3, 0.4) is 0 Å². The van der Waals surface area contributed by atoms with Gasteiger partial charge in [0.2, 0.25) is 0 Å². The molecule has 0 spiro atoms. The third kappa shape index (κ3) is 3.20. The lowest BCUT2D eigenvalue weighted by Crippen LogP contribution is -2.43. The minimum Gasteiger partial charge on any atom is -0.393 e. The van der Waals surface area contributed by atoms with Crippen LogP contribution in [0.1, 0.15) is 12.8 Å². The lowest BCUT2D eigenvalue weighted by atomic mass is 9.97. The van der Waals surface area contributed by atoms with E-state index >= 15 is 0 Å². The Labute approximate surface area is 112 Å². The Morgan fingerprint density at radius 1 is 1.28 bits per heavy atom. The number of para-hydroxylation sites is 1. The van der Waals surface area contributed by atoms with E-state index in [4.69, 9.17) is 18.0 Å². The largest absolute Gasteiger partial charge is 0.393 e. The highest BCUT2D eigenvalue weighted by atomic mass is 32.1. The first-order chi connectivity index (χ1) is 8.66. The fourth-order valence-electron chi connectivity index (χ4n) is 2.09. The normalized spacial score (nSPS) is 16.3. The SMILES string of the molecule is NC(=S)C1CCN(C(=O)Nc2ccccc2)CC1. The van der Waals surface area contributed by atoms with Crippen molar-refractivity contribution in [3.63, 3.8) is 0 Å². The molecule has 2 amide bonds. The summed E-state index contributed by atoms with van der Waals surface area (Å²) in [6, 6.07) is 9.41. The maximum Gasteiger partial charge on any atom is 0.321 e. The average Bonchev–Trinajstić information content (AvgIpc) is 2.40. The molecule has 0 atom stereocenters. The summed E-state index contributed by atoms with van der Waals surface area (Å²) in [6.45, 7) is 1.42. The molecule has 18 heavy (non-hydrogen) atoms. The second kappa shape index (κ2) is 5.82. The standard InChI is InChI=1S/C13H17N3OS/c14-12(18)10-6-8-16(9-7-10)13(17)15-11-4-2-1-3-5-11/h1-5,10H,6-9H2,(H2,14,18)(H,15,17). The third-order valence-electron chi connectivity index (χ3n) is 3.21. The number of amides is 2. The monoisotopic (exact) mass is 263 g/mol. The Balaban J connectivity index is 1.86. The van der Waals surface area contributed by atoms with Gasteiger partial charge in [-0.15, -0.1) is 0 Å². The predicted molar refractivity (Wildman–Crippen MR) is 76.5 cm³/mol. The van der Waals surface area contributed by atoms with Crippen LogP contribution in [0.4, 0.5) is 10.5 Å². The van der Waals surface area contributed by atoms with Crippen molar-refractivity contribution >= 4 is 28.9 Å². The number of rotatable bonds is 2. The number of nitrogens with two attached hydrogens (primary N) is 1. The molecule has 0 unspecified atom stereocenters. The predicted octanol–water partition coefficient (Wildman–Crippen LogP) is 2.22. The van der Waals surface area contributed by atoms with Gasteiger partial charge in [-0.05, 0) is 25.0 Å². The fraction of sp³-hybridized carbons (Fsp3) is 0.385. The molecule has 0 aliphatic carbocycles. The maximum absolute atomic E-state index is 12.0. The van der Waals surface area contributed by atoms with Crippen LogP contribution < -0.4 is 11.1 Å². The molecule has 1 fully saturated rings. The number of piperidine rings is 1. The molecule has 0 radical (unpaired) electrons. The van der Waals surface area contributed by atoms with E-state index in [9.17, 15) is 4.79 Å². The summed E-state index contributed by atoms with van der Waals surface area (Å²) in [5.74, 6) is 0.278. The van der Waals surface area contributed by atoms with Crippen molar-refractivity contribution in [2.45, 2.75) is 12.8 Å². The Kier molecular flexibility index (Phi) is 4.15. The smallest absolute Gasteiger partial charge is 0.321 e. The topological polar surface area (TPSA) is 58.4 Å². The molecule has 1 saturated heterocycles. The number of nitrogens with zero attached hydrogens (tertiary/aromatic N) is 1. The summed E-state index contributed by atoms with van der Waals surface area (Å²) in [7, 11) is 0. The van der Waals surface area contributed by atoms with Crippen molar-refractivity contribution in [2.75, 3.05) is 18.4 Å². The van der Waals surface area contributed by atoms with Gasteiger partial charge in [-0.1, -0.05) is 30.4 Å². The Hall–Kier alpha value is -1.62. The molecule has 1 heterocycles. The molecule has 4 nitrogen and oxygen atoms in total. The van der Waals surface area contributed by atoms with Crippen molar-refractivity contribution in [2.24, 2.45) is 11.7 Å². The minimum atomic E-state index is -0.0532. The molecule has 0 aromatic heterocycles. The van der Waals surface area contributed by atoms with Gasteiger partial charge in [0.15, 0.2) is 0 Å². The van der Waals surface area contributed by atoms with Gasteiger partial charge >= 0.3 is 6.03 Å². The third-order valence-corrected chi connectivity index (χ3v) is 3.54. The molecule has 0 bridgehead atoms. The van der Waals surface area contributed by atoms with E-state index in [0.717, 1.165) is 18.5 Å². The number of likely N-dealkylation sites (tertiary alicyclic amines) is 1. The number of nitrogens with one attached hydrogen (secondary N) is 1. The second-order valence-corrected chi connectivity index (χ2v) is 4.93. The lowest BCUT2D eigenvalue weighted by Gasteiger charge is -2.31. The number of hydrogen-bond acceptors (Lipinski definition) is 2. The molecule has 2 rings (SSSR count). The summed E-state index contributed by atoms with van der Waals surface area (Å²) in [5, 5.41) is 2.88. The van der Waals surface area contributed by atoms with Crippen molar-refractivity contribution < 1.29 is 4.79 Å². The average molecular weight is 263 g/mol. The van der Waals surface area contributed by atoms with E-state index in [0.29, 0.717) is 18.1 Å². The van der Waals surface area contributed by atoms with Gasteiger partial charge < -0.3 is 16.0 Å². The van der Waals surface area contributed by atoms with Crippen LogP contribution in [-0.2, 0) is 0 Å². The van der Waals surface area contributed by atoms with Crippen molar-refractivity contribution in [1.29, 1.82) is 0 Å². The van der Waals surface area contributed by atoms with Crippen LogP contribution >= 0.6 is 12.2 Å². The van der Waals surface area contributed by atoms with Crippen molar-refractivity contribution in [3.8, 4) is 0 Å². The molecule has 5 heteroatoms. The van der Waals surface area contributed by atoms with E-state index in [1.165, 1.54) is 0 Å². The lowest BCUT2D eigenvalue weighted by molar-refractivity contribution is 0.193. The number of anilines is 1. The van der Waals surface area contributed by atoms with Crippen molar-refractivity contribution in [3.05, 3.63) is 30.3 Å². The van der Waals surface area contributed by atoms with Gasteiger partial charge in [-0.2, -0.15) is 0 Å². The van der Waals surface area contributed by atoms with E-state index in [1.54, 1.807) is 0 Å². The molecule has 1 aliphatic rings. The highest BCUT2D eigenvalue weighted by molar-refractivity contribution is 7.80. The van der Waals surface area contributed by atoms with Crippen molar-refractivity contribution in [1.82, 2.24) is 4.90 Å². The molecule has 96 valence electrons. The summed E-state index contributed by atoms with van der Waals surface area (Å²) in [4.78, 5) is 14.4.